The molecule has 0 spiro atoms. The topological polar surface area (TPSA) is 78.9 Å². The summed E-state index contributed by atoms with van der Waals surface area (Å²) in [6, 6.07) is 0. The van der Waals surface area contributed by atoms with Crippen molar-refractivity contribution in [3.8, 4) is 0 Å². The third-order valence-corrected chi connectivity index (χ3v) is 5.12. The van der Waals surface area contributed by atoms with Crippen LogP contribution in [0.4, 0.5) is 0 Å². The number of aliphatic hydroxyl groups is 1. The normalized spacial score (nSPS) is 33.4. The lowest BCUT2D eigenvalue weighted by Crippen LogP contribution is -2.46. The molecule has 120 valence electrons. The fourth-order valence-corrected chi connectivity index (χ4v) is 3.88. The van der Waals surface area contributed by atoms with Crippen molar-refractivity contribution in [3.63, 3.8) is 0 Å². The third-order valence-electron chi connectivity index (χ3n) is 5.12. The molecule has 1 heterocycles. The summed E-state index contributed by atoms with van der Waals surface area (Å²) in [6.45, 7) is 1.98. The molecular weight excluding hydrogens is 266 g/mol. The second-order valence-corrected chi connectivity index (χ2v) is 6.77. The molecule has 0 aromatic carbocycles. The summed E-state index contributed by atoms with van der Waals surface area (Å²) in [4.78, 5) is 18.0. The second kappa shape index (κ2) is 6.77. The first kappa shape index (κ1) is 16.3. The third kappa shape index (κ3) is 3.39. The molecule has 0 aromatic rings. The van der Waals surface area contributed by atoms with Crippen LogP contribution in [0, 0.1) is 11.8 Å². The highest BCUT2D eigenvalue weighted by molar-refractivity contribution is 6.06. The Hall–Kier alpha value is -1.10. The second-order valence-electron chi connectivity index (χ2n) is 6.77. The van der Waals surface area contributed by atoms with Crippen LogP contribution >= 0.6 is 0 Å². The minimum atomic E-state index is -1.02. The summed E-state index contributed by atoms with van der Waals surface area (Å²) in [6.07, 6.45) is 9.28. The molecule has 21 heavy (non-hydrogen) atoms. The Labute approximate surface area is 127 Å². The largest absolute Gasteiger partial charge is 0.393 e. The molecule has 5 nitrogen and oxygen atoms in total. The number of hydrogen-bond donors (Lipinski definition) is 2. The number of rotatable bonds is 6. The number of aliphatic imine (C=N–C) groups is 1. The molecule has 1 saturated carbocycles. The fourth-order valence-electron chi connectivity index (χ4n) is 3.88. The first-order valence-electron chi connectivity index (χ1n) is 8.26. The summed E-state index contributed by atoms with van der Waals surface area (Å²) in [5.74, 6) is 1.32. The quantitative estimate of drug-likeness (QED) is 0.785. The van der Waals surface area contributed by atoms with E-state index in [0.717, 1.165) is 18.8 Å². The van der Waals surface area contributed by atoms with Gasteiger partial charge in [0.1, 0.15) is 0 Å². The summed E-state index contributed by atoms with van der Waals surface area (Å²) < 4.78 is 0. The van der Waals surface area contributed by atoms with E-state index in [1.807, 2.05) is 0 Å². The smallest absolute Gasteiger partial charge is 0.259 e. The van der Waals surface area contributed by atoms with Gasteiger partial charge in [-0.3, -0.25) is 9.69 Å². The molecule has 3 unspecified atom stereocenters. The maximum absolute atomic E-state index is 12.4. The minimum Gasteiger partial charge on any atom is -0.393 e. The van der Waals surface area contributed by atoms with E-state index in [4.69, 9.17) is 5.73 Å². The van der Waals surface area contributed by atoms with Crippen LogP contribution in [0.2, 0.25) is 0 Å². The standard InChI is InChI=1S/C16H29N3O2/c1-3-4-6-12-7-5-8-13(9-12)10-16(11-20)14(21)19(2)15(17)18-16/h12-13,20H,3-11H2,1-2H3,(H2,17,18). The molecule has 5 heteroatoms. The van der Waals surface area contributed by atoms with Crippen molar-refractivity contribution >= 4 is 11.9 Å². The highest BCUT2D eigenvalue weighted by atomic mass is 16.3. The van der Waals surface area contributed by atoms with E-state index in [-0.39, 0.29) is 18.5 Å². The lowest BCUT2D eigenvalue weighted by molar-refractivity contribution is -0.132. The van der Waals surface area contributed by atoms with Crippen LogP contribution in [0.25, 0.3) is 0 Å². The SMILES string of the molecule is CCCCC1CCCC(CC2(CO)N=C(N)N(C)C2=O)C1. The van der Waals surface area contributed by atoms with Crippen LogP contribution in [-0.4, -0.2) is 41.1 Å². The van der Waals surface area contributed by atoms with Gasteiger partial charge < -0.3 is 10.8 Å². The van der Waals surface area contributed by atoms with Crippen molar-refractivity contribution < 1.29 is 9.90 Å². The Bertz CT molecular complexity index is 410. The lowest BCUT2D eigenvalue weighted by atomic mass is 9.74. The van der Waals surface area contributed by atoms with Crippen molar-refractivity contribution in [2.75, 3.05) is 13.7 Å². The summed E-state index contributed by atoms with van der Waals surface area (Å²) in [5.41, 5.74) is 4.74. The van der Waals surface area contributed by atoms with Crippen LogP contribution in [0.5, 0.6) is 0 Å². The van der Waals surface area contributed by atoms with Crippen LogP contribution in [0.15, 0.2) is 4.99 Å². The highest BCUT2D eigenvalue weighted by Gasteiger charge is 2.47. The number of carbonyl (C=O) groups excluding carboxylic acids is 1. The van der Waals surface area contributed by atoms with E-state index in [0.29, 0.717) is 12.3 Å². The van der Waals surface area contributed by atoms with Gasteiger partial charge in [-0.25, -0.2) is 4.99 Å². The average molecular weight is 295 g/mol. The summed E-state index contributed by atoms with van der Waals surface area (Å²) in [7, 11) is 1.63. The highest BCUT2D eigenvalue weighted by Crippen LogP contribution is 2.39. The van der Waals surface area contributed by atoms with Crippen LogP contribution in [-0.2, 0) is 4.79 Å². The van der Waals surface area contributed by atoms with Crippen molar-refractivity contribution in [1.82, 2.24) is 4.90 Å². The Balaban J connectivity index is 2.00. The van der Waals surface area contributed by atoms with E-state index in [1.54, 1.807) is 7.05 Å². The molecule has 0 saturated heterocycles. The summed E-state index contributed by atoms with van der Waals surface area (Å²) in [5, 5.41) is 9.75. The zero-order valence-corrected chi connectivity index (χ0v) is 13.3. The van der Waals surface area contributed by atoms with Gasteiger partial charge in [0.2, 0.25) is 0 Å². The summed E-state index contributed by atoms with van der Waals surface area (Å²) >= 11 is 0. The lowest BCUT2D eigenvalue weighted by Gasteiger charge is -2.33. The predicted octanol–water partition coefficient (Wildman–Crippen LogP) is 1.89. The van der Waals surface area contributed by atoms with E-state index in [2.05, 4.69) is 11.9 Å². The van der Waals surface area contributed by atoms with Gasteiger partial charge in [0.25, 0.3) is 5.91 Å². The van der Waals surface area contributed by atoms with Gasteiger partial charge in [-0.15, -0.1) is 0 Å². The number of amides is 1. The van der Waals surface area contributed by atoms with Gasteiger partial charge in [0.05, 0.1) is 6.61 Å². The predicted molar refractivity (Wildman–Crippen MR) is 83.8 cm³/mol. The molecule has 1 aliphatic heterocycles. The van der Waals surface area contributed by atoms with Gasteiger partial charge >= 0.3 is 0 Å². The van der Waals surface area contributed by atoms with E-state index < -0.39 is 5.54 Å². The Kier molecular flexibility index (Phi) is 5.25. The molecule has 2 rings (SSSR count). The Morgan fingerprint density at radius 3 is 2.71 bits per heavy atom. The van der Waals surface area contributed by atoms with Crippen LogP contribution < -0.4 is 5.73 Å². The number of aliphatic hydroxyl groups excluding tert-OH is 1. The Morgan fingerprint density at radius 1 is 1.43 bits per heavy atom. The van der Waals surface area contributed by atoms with Crippen molar-refractivity contribution in [1.29, 1.82) is 0 Å². The number of likely N-dealkylation sites (N-methyl/N-ethyl adjacent to an activating group) is 1. The first-order valence-corrected chi connectivity index (χ1v) is 8.26. The average Bonchev–Trinajstić information content (AvgIpc) is 2.70. The molecule has 3 N–H and O–H groups in total. The molecule has 0 aromatic heterocycles. The van der Waals surface area contributed by atoms with Gasteiger partial charge in [0, 0.05) is 7.05 Å². The van der Waals surface area contributed by atoms with E-state index in [9.17, 15) is 9.90 Å². The maximum Gasteiger partial charge on any atom is 0.259 e. The van der Waals surface area contributed by atoms with Gasteiger partial charge in [-0.05, 0) is 24.7 Å². The van der Waals surface area contributed by atoms with Crippen LogP contribution in [0.1, 0.15) is 58.3 Å². The fraction of sp³-hybridized carbons (Fsp3) is 0.875. The van der Waals surface area contributed by atoms with Crippen LogP contribution in [0.3, 0.4) is 0 Å². The Morgan fingerprint density at radius 2 is 2.14 bits per heavy atom. The molecule has 1 amide bonds. The zero-order valence-electron chi connectivity index (χ0n) is 13.3. The number of guanidine groups is 1. The number of unbranched alkanes of at least 4 members (excludes halogenated alkanes) is 1. The molecule has 0 bridgehead atoms. The van der Waals surface area contributed by atoms with Gasteiger partial charge in [-0.2, -0.15) is 0 Å². The van der Waals surface area contributed by atoms with Crippen molar-refractivity contribution in [2.45, 2.75) is 63.8 Å². The molecule has 2 aliphatic rings. The van der Waals surface area contributed by atoms with Crippen molar-refractivity contribution in [3.05, 3.63) is 0 Å². The van der Waals surface area contributed by atoms with E-state index >= 15 is 0 Å². The number of carbonyl (C=O) groups is 1. The maximum atomic E-state index is 12.4. The van der Waals surface area contributed by atoms with Crippen molar-refractivity contribution in [2.24, 2.45) is 22.6 Å². The minimum absolute atomic E-state index is 0.154. The number of hydrogen-bond acceptors (Lipinski definition) is 4. The van der Waals surface area contributed by atoms with Gasteiger partial charge in [-0.1, -0.05) is 45.4 Å². The molecule has 1 fully saturated rings. The number of nitrogens with zero attached hydrogens (tertiary/aromatic N) is 2. The zero-order chi connectivity index (χ0) is 15.5. The monoisotopic (exact) mass is 295 g/mol. The molecule has 0 radical (unpaired) electrons. The molecule has 1 aliphatic carbocycles. The van der Waals surface area contributed by atoms with E-state index in [1.165, 1.54) is 37.0 Å². The number of nitrogens with two attached hydrogens (primary N) is 1. The first-order chi connectivity index (χ1) is 10.0. The van der Waals surface area contributed by atoms with Gasteiger partial charge in [0.15, 0.2) is 11.5 Å². The molecular formula is C16H29N3O2. The molecule has 3 atom stereocenters.